The largest absolute Gasteiger partial charge is 0.308 e. The fourth-order valence-electron chi connectivity index (χ4n) is 9.60. The number of nitrogens with zero attached hydrogens (tertiary/aromatic N) is 4. The molecule has 0 aliphatic carbocycles. The molecule has 0 atom stereocenters. The maximum atomic E-state index is 5.70. The lowest BCUT2D eigenvalue weighted by molar-refractivity contribution is 1.27. The first-order chi connectivity index (χ1) is 26.3. The van der Waals surface area contributed by atoms with Crippen LogP contribution in [0.5, 0.6) is 0 Å². The maximum absolute atomic E-state index is 5.70. The van der Waals surface area contributed by atoms with Crippen molar-refractivity contribution in [1.82, 2.24) is 13.8 Å². The van der Waals surface area contributed by atoms with Gasteiger partial charge in [-0.3, -0.25) is 4.40 Å². The topological polar surface area (TPSA) is 25.0 Å². The summed E-state index contributed by atoms with van der Waals surface area (Å²) >= 11 is 0. The van der Waals surface area contributed by atoms with E-state index in [9.17, 15) is 0 Å². The molecule has 0 aliphatic rings. The Bertz CT molecular complexity index is 3580. The predicted octanol–water partition coefficient (Wildman–Crippen LogP) is 13.2. The van der Waals surface area contributed by atoms with Gasteiger partial charge in [0.1, 0.15) is 5.65 Å². The van der Waals surface area contributed by atoms with Crippen molar-refractivity contribution in [2.75, 3.05) is 4.90 Å². The normalized spacial score (nSPS) is 12.5. The van der Waals surface area contributed by atoms with Gasteiger partial charge in [0, 0.05) is 49.1 Å². The molecule has 0 fully saturated rings. The van der Waals surface area contributed by atoms with Crippen LogP contribution in [0.1, 0.15) is 0 Å². The summed E-state index contributed by atoms with van der Waals surface area (Å²) in [4.78, 5) is 8.12. The van der Waals surface area contributed by atoms with Crippen molar-refractivity contribution in [2.45, 2.75) is 0 Å². The second-order valence-corrected chi connectivity index (χ2v) is 14.3. The molecule has 0 unspecified atom stereocenters. The fraction of sp³-hybridized carbons (Fsp3) is 0. The van der Waals surface area contributed by atoms with E-state index >= 15 is 0 Å². The van der Waals surface area contributed by atoms with Crippen LogP contribution < -0.4 is 4.90 Å². The minimum absolute atomic E-state index is 1.01. The molecule has 13 aromatic rings. The monoisotopic (exact) mass is 672 g/mol. The summed E-state index contributed by atoms with van der Waals surface area (Å²) in [5.74, 6) is 0. The SMILES string of the molecule is c1ccc(N(c2ccccc2)c2cc3ccccc3c3c4cccc5c6nc7c(cc6n(c23)c54)c2c3ccccc3cc3c4ccccc4n7c32)cc1. The van der Waals surface area contributed by atoms with Gasteiger partial charge in [0.05, 0.1) is 38.8 Å². The first-order valence-electron chi connectivity index (χ1n) is 18.2. The summed E-state index contributed by atoms with van der Waals surface area (Å²) in [6.07, 6.45) is 0. The molecule has 0 aliphatic heterocycles. The number of fused-ring (bicyclic) bond motifs is 16. The highest BCUT2D eigenvalue weighted by atomic mass is 15.2. The Balaban J connectivity index is 1.28. The smallest absolute Gasteiger partial charge is 0.146 e. The van der Waals surface area contributed by atoms with Crippen LogP contribution in [0.3, 0.4) is 0 Å². The van der Waals surface area contributed by atoms with Gasteiger partial charge in [-0.2, -0.15) is 0 Å². The molecule has 0 saturated heterocycles. The zero-order valence-corrected chi connectivity index (χ0v) is 28.5. The predicted molar refractivity (Wildman–Crippen MR) is 223 cm³/mol. The summed E-state index contributed by atoms with van der Waals surface area (Å²) in [5, 5.41) is 13.6. The molecule has 13 rings (SSSR count). The Morgan fingerprint density at radius 3 is 1.70 bits per heavy atom. The van der Waals surface area contributed by atoms with Gasteiger partial charge >= 0.3 is 0 Å². The summed E-state index contributed by atoms with van der Waals surface area (Å²) in [6, 6.07) is 61.9. The van der Waals surface area contributed by atoms with Gasteiger partial charge in [0.25, 0.3) is 0 Å². The van der Waals surface area contributed by atoms with Crippen molar-refractivity contribution in [3.8, 4) is 0 Å². The van der Waals surface area contributed by atoms with E-state index < -0.39 is 0 Å². The van der Waals surface area contributed by atoms with Crippen molar-refractivity contribution in [3.05, 3.63) is 170 Å². The molecular formula is C49H28N4. The van der Waals surface area contributed by atoms with Crippen LogP contribution >= 0.6 is 0 Å². The van der Waals surface area contributed by atoms with E-state index in [0.29, 0.717) is 0 Å². The first-order valence-corrected chi connectivity index (χ1v) is 18.2. The lowest BCUT2D eigenvalue weighted by Gasteiger charge is -2.27. The van der Waals surface area contributed by atoms with E-state index in [2.05, 4.69) is 184 Å². The summed E-state index contributed by atoms with van der Waals surface area (Å²) in [7, 11) is 0. The average Bonchev–Trinajstić information content (AvgIpc) is 3.94. The minimum atomic E-state index is 1.01. The van der Waals surface area contributed by atoms with Gasteiger partial charge in [0.15, 0.2) is 0 Å². The minimum Gasteiger partial charge on any atom is -0.308 e. The zero-order chi connectivity index (χ0) is 34.4. The summed E-state index contributed by atoms with van der Waals surface area (Å²) < 4.78 is 4.94. The Morgan fingerprint density at radius 2 is 0.962 bits per heavy atom. The highest BCUT2D eigenvalue weighted by Crippen LogP contribution is 2.50. The van der Waals surface area contributed by atoms with Crippen LogP contribution in [0.2, 0.25) is 0 Å². The van der Waals surface area contributed by atoms with Crippen molar-refractivity contribution in [3.63, 3.8) is 0 Å². The van der Waals surface area contributed by atoms with Crippen molar-refractivity contribution < 1.29 is 0 Å². The highest BCUT2D eigenvalue weighted by molar-refractivity contribution is 6.34. The molecule has 0 saturated carbocycles. The molecule has 4 nitrogen and oxygen atoms in total. The molecule has 53 heavy (non-hydrogen) atoms. The van der Waals surface area contributed by atoms with Crippen LogP contribution in [0.4, 0.5) is 17.1 Å². The molecule has 0 amide bonds. The Morgan fingerprint density at radius 1 is 0.377 bits per heavy atom. The summed E-state index contributed by atoms with van der Waals surface area (Å²) in [5.41, 5.74) is 11.4. The maximum Gasteiger partial charge on any atom is 0.146 e. The first kappa shape index (κ1) is 27.5. The van der Waals surface area contributed by atoms with Crippen LogP contribution in [-0.2, 0) is 0 Å². The molecular weight excluding hydrogens is 645 g/mol. The molecule has 4 heteroatoms. The number of hydrogen-bond acceptors (Lipinski definition) is 2. The third kappa shape index (κ3) is 3.39. The molecule has 0 N–H and O–H groups in total. The molecule has 5 heterocycles. The van der Waals surface area contributed by atoms with Crippen LogP contribution in [0.15, 0.2) is 170 Å². The standard InChI is InChI=1S/C49H28N4/c1-3-16-31(17-4-1)51(32-18-5-2-6-19-32)42-27-30-15-8-10-21-34(30)43-36-23-13-24-37-45-41(52(46(36)37)48(42)43)28-39-44-33-20-9-7-14-29(33)26-38-35-22-11-12-25-40(35)53(47(38)44)49(39)50-45/h1-28H. The third-order valence-corrected chi connectivity index (χ3v) is 11.7. The number of benzene rings is 8. The van der Waals surface area contributed by atoms with Gasteiger partial charge in [-0.05, 0) is 70.1 Å². The average molecular weight is 673 g/mol. The number of rotatable bonds is 3. The van der Waals surface area contributed by atoms with E-state index in [1.165, 1.54) is 81.3 Å². The Kier molecular flexibility index (Phi) is 5.08. The van der Waals surface area contributed by atoms with E-state index in [1.54, 1.807) is 0 Å². The number of hydrogen-bond donors (Lipinski definition) is 0. The zero-order valence-electron chi connectivity index (χ0n) is 28.5. The molecule has 8 aromatic carbocycles. The van der Waals surface area contributed by atoms with Gasteiger partial charge < -0.3 is 9.30 Å². The molecule has 244 valence electrons. The second-order valence-electron chi connectivity index (χ2n) is 14.3. The number of para-hydroxylation sites is 4. The Labute approximate surface area is 302 Å². The third-order valence-electron chi connectivity index (χ3n) is 11.7. The highest BCUT2D eigenvalue weighted by Gasteiger charge is 2.27. The van der Waals surface area contributed by atoms with Gasteiger partial charge in [-0.1, -0.05) is 121 Å². The molecule has 0 radical (unpaired) electrons. The molecule has 0 bridgehead atoms. The number of pyridine rings is 1. The van der Waals surface area contributed by atoms with Gasteiger partial charge in [-0.25, -0.2) is 4.98 Å². The van der Waals surface area contributed by atoms with E-state index in [0.717, 1.165) is 33.7 Å². The quantitative estimate of drug-likeness (QED) is 0.187. The molecule has 5 aromatic heterocycles. The van der Waals surface area contributed by atoms with E-state index in [1.807, 2.05) is 0 Å². The second kappa shape index (κ2) is 9.78. The Hall–Kier alpha value is -7.17. The van der Waals surface area contributed by atoms with Crippen LogP contribution in [0.25, 0.3) is 98.0 Å². The lowest BCUT2D eigenvalue weighted by atomic mass is 10.00. The van der Waals surface area contributed by atoms with Gasteiger partial charge in [0.2, 0.25) is 0 Å². The van der Waals surface area contributed by atoms with Crippen LogP contribution in [-0.4, -0.2) is 13.8 Å². The summed E-state index contributed by atoms with van der Waals surface area (Å²) in [6.45, 7) is 0. The van der Waals surface area contributed by atoms with Crippen molar-refractivity contribution >= 4 is 115 Å². The number of aromatic nitrogens is 3. The van der Waals surface area contributed by atoms with Gasteiger partial charge in [-0.15, -0.1) is 0 Å². The number of anilines is 3. The van der Waals surface area contributed by atoms with E-state index in [4.69, 9.17) is 4.98 Å². The fourth-order valence-corrected chi connectivity index (χ4v) is 9.60. The van der Waals surface area contributed by atoms with Crippen LogP contribution in [0, 0.1) is 0 Å². The van der Waals surface area contributed by atoms with Crippen molar-refractivity contribution in [1.29, 1.82) is 0 Å². The van der Waals surface area contributed by atoms with Crippen molar-refractivity contribution in [2.24, 2.45) is 0 Å². The van der Waals surface area contributed by atoms with E-state index in [-0.39, 0.29) is 0 Å². The molecule has 0 spiro atoms. The lowest BCUT2D eigenvalue weighted by Crippen LogP contribution is -2.11.